The van der Waals surface area contributed by atoms with Crippen LogP contribution in [0.3, 0.4) is 0 Å². The summed E-state index contributed by atoms with van der Waals surface area (Å²) in [5.41, 5.74) is 0. The number of nitrogens with zero attached hydrogens (tertiary/aromatic N) is 1. The van der Waals surface area contributed by atoms with Gasteiger partial charge in [-0.3, -0.25) is 4.90 Å². The minimum atomic E-state index is 0.685. The molecule has 0 spiro atoms. The summed E-state index contributed by atoms with van der Waals surface area (Å²) in [6.45, 7) is 6.12. The lowest BCUT2D eigenvalue weighted by Crippen LogP contribution is -2.45. The summed E-state index contributed by atoms with van der Waals surface area (Å²) in [5, 5.41) is 3.60. The van der Waals surface area contributed by atoms with E-state index in [1.807, 2.05) is 0 Å². The van der Waals surface area contributed by atoms with Crippen molar-refractivity contribution in [1.82, 2.24) is 10.2 Å². The highest BCUT2D eigenvalue weighted by atomic mass is 16.5. The summed E-state index contributed by atoms with van der Waals surface area (Å²) in [6.07, 6.45) is 6.31. The van der Waals surface area contributed by atoms with Crippen LogP contribution in [0, 0.1) is 0 Å². The molecule has 2 atom stereocenters. The van der Waals surface area contributed by atoms with E-state index < -0.39 is 0 Å². The van der Waals surface area contributed by atoms with E-state index in [1.54, 1.807) is 7.11 Å². The van der Waals surface area contributed by atoms with Crippen molar-refractivity contribution in [2.24, 2.45) is 0 Å². The zero-order chi connectivity index (χ0) is 12.6. The SMILES string of the molecule is COCCN(CC1CCCN1)C1CCCOCC1. The minimum absolute atomic E-state index is 0.685. The van der Waals surface area contributed by atoms with Crippen molar-refractivity contribution in [2.75, 3.05) is 46.6 Å². The Kier molecular flexibility index (Phi) is 6.41. The first-order chi connectivity index (χ1) is 8.90. The van der Waals surface area contributed by atoms with E-state index in [4.69, 9.17) is 9.47 Å². The molecule has 0 aromatic heterocycles. The highest BCUT2D eigenvalue weighted by Gasteiger charge is 2.24. The molecule has 18 heavy (non-hydrogen) atoms. The van der Waals surface area contributed by atoms with Crippen molar-refractivity contribution in [3.8, 4) is 0 Å². The van der Waals surface area contributed by atoms with Gasteiger partial charge in [-0.25, -0.2) is 0 Å². The van der Waals surface area contributed by atoms with E-state index in [1.165, 1.54) is 45.2 Å². The Bertz CT molecular complexity index is 212. The fourth-order valence-corrected chi connectivity index (χ4v) is 3.08. The summed E-state index contributed by atoms with van der Waals surface area (Å²) >= 11 is 0. The maximum absolute atomic E-state index is 5.58. The van der Waals surface area contributed by atoms with Crippen LogP contribution in [0.1, 0.15) is 32.1 Å². The number of methoxy groups -OCH3 is 1. The van der Waals surface area contributed by atoms with Crippen LogP contribution in [-0.2, 0) is 9.47 Å². The summed E-state index contributed by atoms with van der Waals surface area (Å²) in [6, 6.07) is 1.37. The van der Waals surface area contributed by atoms with Crippen LogP contribution in [0.5, 0.6) is 0 Å². The van der Waals surface area contributed by atoms with Gasteiger partial charge in [0.2, 0.25) is 0 Å². The maximum Gasteiger partial charge on any atom is 0.0589 e. The van der Waals surface area contributed by atoms with Gasteiger partial charge in [-0.15, -0.1) is 0 Å². The van der Waals surface area contributed by atoms with Crippen molar-refractivity contribution in [3.05, 3.63) is 0 Å². The molecule has 0 aromatic carbocycles. The first-order valence-corrected chi connectivity index (χ1v) is 7.44. The van der Waals surface area contributed by atoms with Gasteiger partial charge in [-0.2, -0.15) is 0 Å². The Morgan fingerprint density at radius 2 is 2.17 bits per heavy atom. The van der Waals surface area contributed by atoms with E-state index in [0.717, 1.165) is 26.4 Å². The summed E-state index contributed by atoms with van der Waals surface area (Å²) in [4.78, 5) is 2.63. The van der Waals surface area contributed by atoms with Gasteiger partial charge in [0, 0.05) is 45.5 Å². The number of hydrogen-bond donors (Lipinski definition) is 1. The molecule has 2 unspecified atom stereocenters. The molecule has 0 amide bonds. The molecule has 0 radical (unpaired) electrons. The van der Waals surface area contributed by atoms with Gasteiger partial charge < -0.3 is 14.8 Å². The fraction of sp³-hybridized carbons (Fsp3) is 1.00. The van der Waals surface area contributed by atoms with E-state index in [0.29, 0.717) is 12.1 Å². The Morgan fingerprint density at radius 3 is 2.94 bits per heavy atom. The topological polar surface area (TPSA) is 33.7 Å². The molecule has 2 aliphatic heterocycles. The quantitative estimate of drug-likeness (QED) is 0.775. The zero-order valence-corrected chi connectivity index (χ0v) is 11.7. The molecule has 4 nitrogen and oxygen atoms in total. The molecule has 4 heteroatoms. The van der Waals surface area contributed by atoms with Crippen molar-refractivity contribution < 1.29 is 9.47 Å². The molecule has 2 aliphatic rings. The van der Waals surface area contributed by atoms with Gasteiger partial charge in [-0.05, 0) is 38.6 Å². The summed E-state index contributed by atoms with van der Waals surface area (Å²) in [7, 11) is 1.79. The molecular weight excluding hydrogens is 228 g/mol. The van der Waals surface area contributed by atoms with Crippen LogP contribution in [-0.4, -0.2) is 63.5 Å². The predicted octanol–water partition coefficient (Wildman–Crippen LogP) is 1.26. The lowest BCUT2D eigenvalue weighted by molar-refractivity contribution is 0.0967. The highest BCUT2D eigenvalue weighted by Crippen LogP contribution is 2.17. The van der Waals surface area contributed by atoms with Crippen molar-refractivity contribution in [3.63, 3.8) is 0 Å². The lowest BCUT2D eigenvalue weighted by Gasteiger charge is -2.32. The van der Waals surface area contributed by atoms with Gasteiger partial charge in [0.15, 0.2) is 0 Å². The fourth-order valence-electron chi connectivity index (χ4n) is 3.08. The first kappa shape index (κ1) is 14.3. The van der Waals surface area contributed by atoms with Gasteiger partial charge in [0.1, 0.15) is 0 Å². The van der Waals surface area contributed by atoms with Crippen LogP contribution in [0.4, 0.5) is 0 Å². The average molecular weight is 256 g/mol. The normalized spacial score (nSPS) is 29.7. The van der Waals surface area contributed by atoms with Gasteiger partial charge >= 0.3 is 0 Å². The number of rotatable bonds is 6. The lowest BCUT2D eigenvalue weighted by atomic mass is 10.1. The van der Waals surface area contributed by atoms with Crippen LogP contribution < -0.4 is 5.32 Å². The molecule has 2 rings (SSSR count). The maximum atomic E-state index is 5.58. The third-order valence-corrected chi connectivity index (χ3v) is 4.14. The van der Waals surface area contributed by atoms with Crippen LogP contribution in [0.25, 0.3) is 0 Å². The summed E-state index contributed by atoms with van der Waals surface area (Å²) in [5.74, 6) is 0. The zero-order valence-electron chi connectivity index (χ0n) is 11.7. The van der Waals surface area contributed by atoms with Gasteiger partial charge in [0.05, 0.1) is 6.61 Å². The monoisotopic (exact) mass is 256 g/mol. The molecule has 0 aliphatic carbocycles. The Balaban J connectivity index is 1.84. The van der Waals surface area contributed by atoms with Crippen molar-refractivity contribution in [1.29, 1.82) is 0 Å². The Hall–Kier alpha value is -0.160. The molecule has 2 heterocycles. The molecule has 1 N–H and O–H groups in total. The van der Waals surface area contributed by atoms with E-state index in [-0.39, 0.29) is 0 Å². The molecular formula is C14H28N2O2. The van der Waals surface area contributed by atoms with E-state index in [2.05, 4.69) is 10.2 Å². The molecule has 106 valence electrons. The molecule has 2 fully saturated rings. The molecule has 2 saturated heterocycles. The predicted molar refractivity (Wildman–Crippen MR) is 72.9 cm³/mol. The standard InChI is InChI=1S/C14H28N2O2/c1-17-11-8-16(12-13-4-2-7-15-13)14-5-3-9-18-10-6-14/h13-15H,2-12H2,1H3. The van der Waals surface area contributed by atoms with Crippen molar-refractivity contribution in [2.45, 2.75) is 44.2 Å². The van der Waals surface area contributed by atoms with Gasteiger partial charge in [-0.1, -0.05) is 0 Å². The van der Waals surface area contributed by atoms with E-state index in [9.17, 15) is 0 Å². The van der Waals surface area contributed by atoms with Crippen LogP contribution in [0.15, 0.2) is 0 Å². The average Bonchev–Trinajstić information content (AvgIpc) is 2.74. The number of ether oxygens (including phenoxy) is 2. The molecule has 0 saturated carbocycles. The third-order valence-electron chi connectivity index (χ3n) is 4.14. The largest absolute Gasteiger partial charge is 0.383 e. The van der Waals surface area contributed by atoms with Crippen LogP contribution in [0.2, 0.25) is 0 Å². The number of nitrogens with one attached hydrogen (secondary N) is 1. The van der Waals surface area contributed by atoms with E-state index >= 15 is 0 Å². The highest BCUT2D eigenvalue weighted by molar-refractivity contribution is 4.82. The van der Waals surface area contributed by atoms with Gasteiger partial charge in [0.25, 0.3) is 0 Å². The Labute approximate surface area is 111 Å². The Morgan fingerprint density at radius 1 is 1.22 bits per heavy atom. The third kappa shape index (κ3) is 4.50. The second kappa shape index (κ2) is 8.10. The molecule has 0 bridgehead atoms. The second-order valence-electron chi connectivity index (χ2n) is 5.48. The first-order valence-electron chi connectivity index (χ1n) is 7.44. The summed E-state index contributed by atoms with van der Waals surface area (Å²) < 4.78 is 10.8. The number of hydrogen-bond acceptors (Lipinski definition) is 4. The minimum Gasteiger partial charge on any atom is -0.383 e. The smallest absolute Gasteiger partial charge is 0.0589 e. The molecule has 0 aromatic rings. The van der Waals surface area contributed by atoms with Crippen LogP contribution >= 0.6 is 0 Å². The second-order valence-corrected chi connectivity index (χ2v) is 5.48. The van der Waals surface area contributed by atoms with Crippen molar-refractivity contribution >= 4 is 0 Å².